The van der Waals surface area contributed by atoms with E-state index in [4.69, 9.17) is 4.74 Å². The zero-order valence-electron chi connectivity index (χ0n) is 13.5. The van der Waals surface area contributed by atoms with Crippen LogP contribution in [0.15, 0.2) is 4.99 Å². The molecule has 7 heteroatoms. The Bertz CT molecular complexity index is 338. The molecule has 0 aliphatic heterocycles. The van der Waals surface area contributed by atoms with Crippen LogP contribution in [0.3, 0.4) is 0 Å². The minimum absolute atomic E-state index is 0. The van der Waals surface area contributed by atoms with Gasteiger partial charge in [-0.1, -0.05) is 0 Å². The number of nitrogens with one attached hydrogen (secondary N) is 3. The molecule has 0 bridgehead atoms. The number of hydrogen-bond donors (Lipinski definition) is 3. The van der Waals surface area contributed by atoms with Gasteiger partial charge in [-0.15, -0.1) is 24.0 Å². The Balaban J connectivity index is 0.00000400. The molecule has 0 heterocycles. The Kier molecular flexibility index (Phi) is 9.72. The summed E-state index contributed by atoms with van der Waals surface area (Å²) in [6.07, 6.45) is 2.87. The highest BCUT2D eigenvalue weighted by atomic mass is 127. The number of alkyl carbamates (subject to hydrolysis) is 1. The zero-order valence-corrected chi connectivity index (χ0v) is 15.8. The van der Waals surface area contributed by atoms with E-state index in [0.29, 0.717) is 19.1 Å². The Hall–Kier alpha value is -0.730. The summed E-state index contributed by atoms with van der Waals surface area (Å²) in [6, 6.07) is 0.590. The summed E-state index contributed by atoms with van der Waals surface area (Å²) in [7, 11) is 0. The number of carbonyl (C=O) groups is 1. The molecule has 1 amide bonds. The lowest BCUT2D eigenvalue weighted by atomic mass is 10.2. The van der Waals surface area contributed by atoms with Crippen molar-refractivity contribution in [3.05, 3.63) is 0 Å². The third-order valence-corrected chi connectivity index (χ3v) is 2.54. The normalized spacial score (nSPS) is 15.0. The lowest BCUT2D eigenvalue weighted by Crippen LogP contribution is -2.38. The predicted octanol–water partition coefficient (Wildman–Crippen LogP) is 2.24. The summed E-state index contributed by atoms with van der Waals surface area (Å²) in [5, 5.41) is 9.29. The molecule has 0 aromatic carbocycles. The van der Waals surface area contributed by atoms with Gasteiger partial charge in [-0.25, -0.2) is 4.79 Å². The van der Waals surface area contributed by atoms with Crippen LogP contribution < -0.4 is 16.0 Å². The highest BCUT2D eigenvalue weighted by Gasteiger charge is 2.22. The van der Waals surface area contributed by atoms with E-state index in [9.17, 15) is 4.79 Å². The van der Waals surface area contributed by atoms with E-state index in [2.05, 4.69) is 20.9 Å². The topological polar surface area (TPSA) is 74.8 Å². The molecule has 0 atom stereocenters. The van der Waals surface area contributed by atoms with Gasteiger partial charge < -0.3 is 20.7 Å². The predicted molar refractivity (Wildman–Crippen MR) is 96.4 cm³/mol. The number of nitrogens with zero attached hydrogens (tertiary/aromatic N) is 1. The van der Waals surface area contributed by atoms with Crippen molar-refractivity contribution >= 4 is 36.0 Å². The lowest BCUT2D eigenvalue weighted by Gasteiger charge is -2.19. The van der Waals surface area contributed by atoms with E-state index in [1.54, 1.807) is 0 Å². The number of halogens is 1. The van der Waals surface area contributed by atoms with Crippen LogP contribution in [0.25, 0.3) is 0 Å². The summed E-state index contributed by atoms with van der Waals surface area (Å²) < 4.78 is 5.15. The van der Waals surface area contributed by atoms with E-state index in [1.165, 1.54) is 12.8 Å². The van der Waals surface area contributed by atoms with Gasteiger partial charge in [0.2, 0.25) is 0 Å². The Morgan fingerprint density at radius 3 is 2.48 bits per heavy atom. The van der Waals surface area contributed by atoms with E-state index in [1.807, 2.05) is 27.7 Å². The second-order valence-electron chi connectivity index (χ2n) is 5.96. The average molecular weight is 412 g/mol. The molecule has 1 aliphatic carbocycles. The van der Waals surface area contributed by atoms with Crippen molar-refractivity contribution in [2.24, 2.45) is 4.99 Å². The summed E-state index contributed by atoms with van der Waals surface area (Å²) in [5.74, 6) is 0.868. The second kappa shape index (κ2) is 10.1. The van der Waals surface area contributed by atoms with Gasteiger partial charge in [-0.3, -0.25) is 4.99 Å². The van der Waals surface area contributed by atoms with Gasteiger partial charge in [0, 0.05) is 25.7 Å². The molecule has 1 rings (SSSR count). The van der Waals surface area contributed by atoms with E-state index in [-0.39, 0.29) is 30.1 Å². The molecule has 1 saturated carbocycles. The van der Waals surface area contributed by atoms with Gasteiger partial charge in [0.15, 0.2) is 5.96 Å². The molecule has 0 spiro atoms. The number of rotatable bonds is 6. The van der Waals surface area contributed by atoms with Crippen LogP contribution in [0, 0.1) is 0 Å². The number of amides is 1. The Morgan fingerprint density at radius 1 is 1.29 bits per heavy atom. The SMILES string of the molecule is CCNC(=NCCCNC(=O)OC(C)(C)C)NC1CC1.I. The number of aliphatic imine (C=N–C) groups is 1. The molecule has 124 valence electrons. The van der Waals surface area contributed by atoms with Crippen molar-refractivity contribution in [1.29, 1.82) is 0 Å². The molecule has 0 unspecified atom stereocenters. The van der Waals surface area contributed by atoms with Crippen LogP contribution in [0.4, 0.5) is 4.79 Å². The van der Waals surface area contributed by atoms with Crippen molar-refractivity contribution in [2.45, 2.75) is 58.6 Å². The van der Waals surface area contributed by atoms with Crippen LogP contribution in [-0.2, 0) is 4.74 Å². The van der Waals surface area contributed by atoms with Gasteiger partial charge in [0.1, 0.15) is 5.60 Å². The molecule has 0 aromatic heterocycles. The maximum atomic E-state index is 11.4. The molecule has 21 heavy (non-hydrogen) atoms. The summed E-state index contributed by atoms with van der Waals surface area (Å²) >= 11 is 0. The first-order valence-electron chi connectivity index (χ1n) is 7.42. The highest BCUT2D eigenvalue weighted by Crippen LogP contribution is 2.18. The number of carbonyl (C=O) groups excluding carboxylic acids is 1. The van der Waals surface area contributed by atoms with Gasteiger partial charge >= 0.3 is 6.09 Å². The zero-order chi connectivity index (χ0) is 15.0. The quantitative estimate of drug-likeness (QED) is 0.271. The molecule has 3 N–H and O–H groups in total. The van der Waals surface area contributed by atoms with E-state index in [0.717, 1.165) is 18.9 Å². The van der Waals surface area contributed by atoms with Crippen molar-refractivity contribution in [1.82, 2.24) is 16.0 Å². The molecule has 0 saturated heterocycles. The number of ether oxygens (including phenoxy) is 1. The van der Waals surface area contributed by atoms with Gasteiger partial charge in [0.25, 0.3) is 0 Å². The molecule has 0 radical (unpaired) electrons. The monoisotopic (exact) mass is 412 g/mol. The van der Waals surface area contributed by atoms with E-state index < -0.39 is 5.60 Å². The van der Waals surface area contributed by atoms with Crippen molar-refractivity contribution in [3.8, 4) is 0 Å². The first-order valence-corrected chi connectivity index (χ1v) is 7.42. The van der Waals surface area contributed by atoms with E-state index >= 15 is 0 Å². The fraction of sp³-hybridized carbons (Fsp3) is 0.857. The third kappa shape index (κ3) is 11.6. The Morgan fingerprint density at radius 2 is 1.95 bits per heavy atom. The summed E-state index contributed by atoms with van der Waals surface area (Å²) in [5.41, 5.74) is -0.450. The molecular formula is C14H29IN4O2. The van der Waals surface area contributed by atoms with Crippen LogP contribution in [-0.4, -0.2) is 43.3 Å². The number of hydrogen-bond acceptors (Lipinski definition) is 3. The first kappa shape index (κ1) is 20.3. The minimum Gasteiger partial charge on any atom is -0.444 e. The van der Waals surface area contributed by atoms with Crippen LogP contribution in [0.1, 0.15) is 47.0 Å². The number of guanidine groups is 1. The van der Waals surface area contributed by atoms with Crippen molar-refractivity contribution in [3.63, 3.8) is 0 Å². The standard InChI is InChI=1S/C14H28N4O2.HI/c1-5-15-12(18-11-7-8-11)16-9-6-10-17-13(19)20-14(2,3)4;/h11H,5-10H2,1-4H3,(H,17,19)(H2,15,16,18);1H. The molecular weight excluding hydrogens is 383 g/mol. The highest BCUT2D eigenvalue weighted by molar-refractivity contribution is 14.0. The smallest absolute Gasteiger partial charge is 0.407 e. The largest absolute Gasteiger partial charge is 0.444 e. The first-order chi connectivity index (χ1) is 9.40. The maximum absolute atomic E-state index is 11.4. The lowest BCUT2D eigenvalue weighted by molar-refractivity contribution is 0.0527. The van der Waals surface area contributed by atoms with Gasteiger partial charge in [-0.05, 0) is 47.0 Å². The minimum atomic E-state index is -0.450. The molecule has 0 aromatic rings. The van der Waals surface area contributed by atoms with Crippen molar-refractivity contribution < 1.29 is 9.53 Å². The third-order valence-electron chi connectivity index (χ3n) is 2.54. The second-order valence-corrected chi connectivity index (χ2v) is 5.96. The molecule has 6 nitrogen and oxygen atoms in total. The summed E-state index contributed by atoms with van der Waals surface area (Å²) in [4.78, 5) is 15.9. The maximum Gasteiger partial charge on any atom is 0.407 e. The fourth-order valence-corrected chi connectivity index (χ4v) is 1.52. The van der Waals surface area contributed by atoms with Crippen LogP contribution in [0.5, 0.6) is 0 Å². The van der Waals surface area contributed by atoms with Gasteiger partial charge in [0.05, 0.1) is 0 Å². The van der Waals surface area contributed by atoms with Crippen LogP contribution in [0.2, 0.25) is 0 Å². The molecule has 1 aliphatic rings. The fourth-order valence-electron chi connectivity index (χ4n) is 1.52. The Labute approximate surface area is 144 Å². The van der Waals surface area contributed by atoms with Crippen LogP contribution >= 0.6 is 24.0 Å². The van der Waals surface area contributed by atoms with Gasteiger partial charge in [-0.2, -0.15) is 0 Å². The molecule has 1 fully saturated rings. The van der Waals surface area contributed by atoms with Crippen molar-refractivity contribution in [2.75, 3.05) is 19.6 Å². The summed E-state index contributed by atoms with van der Waals surface area (Å²) in [6.45, 7) is 9.71. The average Bonchev–Trinajstić information content (AvgIpc) is 3.10.